The van der Waals surface area contributed by atoms with Gasteiger partial charge in [-0.1, -0.05) is 0 Å². The predicted octanol–water partition coefficient (Wildman–Crippen LogP) is 2.84. The van der Waals surface area contributed by atoms with Gasteiger partial charge in [-0.05, 0) is 43.4 Å². The summed E-state index contributed by atoms with van der Waals surface area (Å²) in [6.45, 7) is 0. The van der Waals surface area contributed by atoms with E-state index in [2.05, 4.69) is 5.88 Å². The third kappa shape index (κ3) is 0.797. The van der Waals surface area contributed by atoms with Crippen LogP contribution in [0, 0.1) is 17.2 Å². The fourth-order valence-corrected chi connectivity index (χ4v) is 2.59. The van der Waals surface area contributed by atoms with Crippen LogP contribution < -0.4 is 0 Å². The first kappa shape index (κ1) is 6.03. The van der Waals surface area contributed by atoms with E-state index in [9.17, 15) is 0 Å². The fourth-order valence-electron chi connectivity index (χ4n) is 2.32. The van der Waals surface area contributed by atoms with Crippen LogP contribution in [0.4, 0.5) is 0 Å². The van der Waals surface area contributed by atoms with Crippen LogP contribution in [0.2, 0.25) is 0 Å². The van der Waals surface area contributed by atoms with Gasteiger partial charge in [-0.15, -0.1) is 11.6 Å². The van der Waals surface area contributed by atoms with Crippen molar-refractivity contribution in [2.24, 2.45) is 11.3 Å². The van der Waals surface area contributed by atoms with Crippen molar-refractivity contribution in [1.82, 2.24) is 0 Å². The first-order valence-electron chi connectivity index (χ1n) is 3.72. The lowest BCUT2D eigenvalue weighted by atomic mass is 9.87. The fraction of sp³-hybridized carbons (Fsp3) is 0.875. The molecule has 2 saturated carbocycles. The average Bonchev–Trinajstić information content (AvgIpc) is 2.46. The number of fused-ring (bicyclic) bond motifs is 2. The molecule has 1 heteroatoms. The molecule has 2 fully saturated rings. The van der Waals surface area contributed by atoms with Crippen molar-refractivity contribution in [2.45, 2.75) is 32.1 Å². The highest BCUT2D eigenvalue weighted by Crippen LogP contribution is 2.56. The van der Waals surface area contributed by atoms with Gasteiger partial charge >= 0.3 is 0 Å². The summed E-state index contributed by atoms with van der Waals surface area (Å²) in [7, 11) is 0. The summed E-state index contributed by atoms with van der Waals surface area (Å²) in [6, 6.07) is 0. The van der Waals surface area contributed by atoms with Gasteiger partial charge in [-0.2, -0.15) is 0 Å². The van der Waals surface area contributed by atoms with Crippen LogP contribution >= 0.6 is 11.6 Å². The van der Waals surface area contributed by atoms with Gasteiger partial charge in [-0.3, -0.25) is 0 Å². The Labute approximate surface area is 61.6 Å². The Kier molecular flexibility index (Phi) is 1.26. The van der Waals surface area contributed by atoms with Crippen molar-refractivity contribution >= 4 is 11.6 Å². The maximum absolute atomic E-state index is 5.64. The minimum absolute atomic E-state index is 0.367. The largest absolute Gasteiger partial charge is 0.115 e. The monoisotopic (exact) mass is 142 g/mol. The molecular formula is C8H11Cl. The second-order valence-electron chi connectivity index (χ2n) is 3.52. The van der Waals surface area contributed by atoms with E-state index in [4.69, 9.17) is 11.6 Å². The van der Waals surface area contributed by atoms with Gasteiger partial charge in [-0.25, -0.2) is 0 Å². The molecule has 0 atom stereocenters. The minimum Gasteiger partial charge on any atom is -0.115 e. The second kappa shape index (κ2) is 1.88. The van der Waals surface area contributed by atoms with Gasteiger partial charge in [0.1, 0.15) is 0 Å². The maximum atomic E-state index is 5.64. The Hall–Kier alpha value is 0.290. The Bertz CT molecular complexity index is 112. The molecular weight excluding hydrogens is 132 g/mol. The van der Waals surface area contributed by atoms with E-state index in [-0.39, 0.29) is 0 Å². The van der Waals surface area contributed by atoms with E-state index in [0.29, 0.717) is 5.41 Å². The number of hydrogen-bond donors (Lipinski definition) is 0. The summed E-state index contributed by atoms with van der Waals surface area (Å²) in [5.74, 6) is 3.94. The van der Waals surface area contributed by atoms with Crippen LogP contribution in [0.1, 0.15) is 32.1 Å². The number of hydrogen-bond acceptors (Lipinski definition) is 0. The summed E-state index contributed by atoms with van der Waals surface area (Å²) in [6.07, 6.45) is 6.75. The highest BCUT2D eigenvalue weighted by Gasteiger charge is 2.44. The third-order valence-electron chi connectivity index (χ3n) is 2.94. The predicted molar refractivity (Wildman–Crippen MR) is 38.1 cm³/mol. The highest BCUT2D eigenvalue weighted by molar-refractivity contribution is 6.23. The Morgan fingerprint density at radius 3 is 2.22 bits per heavy atom. The van der Waals surface area contributed by atoms with Gasteiger partial charge in [0.2, 0.25) is 0 Å². The van der Waals surface area contributed by atoms with Gasteiger partial charge in [0.05, 0.1) is 5.88 Å². The van der Waals surface area contributed by atoms with E-state index in [1.54, 1.807) is 0 Å². The first-order chi connectivity index (χ1) is 4.35. The molecule has 0 saturated heterocycles. The molecule has 0 spiro atoms. The summed E-state index contributed by atoms with van der Waals surface area (Å²) < 4.78 is 0. The molecule has 2 radical (unpaired) electrons. The standard InChI is InChI=1S/C8H11Cl/c9-6-8-3-1-7(5-8)2-4-8/h7H,1-5H2. The van der Waals surface area contributed by atoms with E-state index in [1.807, 2.05) is 0 Å². The lowest BCUT2D eigenvalue weighted by Crippen LogP contribution is -2.10. The van der Waals surface area contributed by atoms with Crippen molar-refractivity contribution in [2.75, 3.05) is 0 Å². The summed E-state index contributed by atoms with van der Waals surface area (Å²) >= 11 is 5.64. The van der Waals surface area contributed by atoms with Gasteiger partial charge in [0, 0.05) is 0 Å². The van der Waals surface area contributed by atoms with Gasteiger partial charge in [0.15, 0.2) is 0 Å². The molecule has 2 aliphatic rings. The molecule has 0 nitrogen and oxygen atoms in total. The van der Waals surface area contributed by atoms with Crippen molar-refractivity contribution in [3.63, 3.8) is 0 Å². The molecule has 0 aromatic carbocycles. The first-order valence-corrected chi connectivity index (χ1v) is 4.10. The molecule has 0 aliphatic heterocycles. The number of rotatable bonds is 1. The molecule has 0 aromatic heterocycles. The van der Waals surface area contributed by atoms with Crippen molar-refractivity contribution < 1.29 is 0 Å². The van der Waals surface area contributed by atoms with E-state index in [0.717, 1.165) is 5.92 Å². The maximum Gasteiger partial charge on any atom is 0.0931 e. The topological polar surface area (TPSA) is 0 Å². The molecule has 0 amide bonds. The zero-order valence-electron chi connectivity index (χ0n) is 5.49. The van der Waals surface area contributed by atoms with E-state index in [1.165, 1.54) is 32.1 Å². The van der Waals surface area contributed by atoms with E-state index < -0.39 is 0 Å². The van der Waals surface area contributed by atoms with Crippen LogP contribution in [0.3, 0.4) is 0 Å². The Balaban J connectivity index is 2.13. The quantitative estimate of drug-likeness (QED) is 0.528. The molecule has 2 bridgehead atoms. The highest BCUT2D eigenvalue weighted by atomic mass is 35.5. The molecule has 50 valence electrons. The Morgan fingerprint density at radius 1 is 1.33 bits per heavy atom. The summed E-state index contributed by atoms with van der Waals surface area (Å²) in [4.78, 5) is 0. The summed E-state index contributed by atoms with van der Waals surface area (Å²) in [5.41, 5.74) is 0.367. The number of halogens is 1. The minimum atomic E-state index is 0.367. The average molecular weight is 143 g/mol. The van der Waals surface area contributed by atoms with Crippen LogP contribution in [-0.2, 0) is 0 Å². The van der Waals surface area contributed by atoms with Crippen LogP contribution in [0.15, 0.2) is 0 Å². The van der Waals surface area contributed by atoms with Crippen LogP contribution in [0.25, 0.3) is 0 Å². The molecule has 0 N–H and O–H groups in total. The Morgan fingerprint density at radius 2 is 2.00 bits per heavy atom. The molecule has 2 aliphatic carbocycles. The lowest BCUT2D eigenvalue weighted by Gasteiger charge is -2.21. The van der Waals surface area contributed by atoms with Crippen LogP contribution in [0.5, 0.6) is 0 Å². The second-order valence-corrected chi connectivity index (χ2v) is 3.71. The van der Waals surface area contributed by atoms with Crippen molar-refractivity contribution in [1.29, 1.82) is 0 Å². The third-order valence-corrected chi connectivity index (χ3v) is 3.34. The van der Waals surface area contributed by atoms with E-state index >= 15 is 0 Å². The molecule has 0 heterocycles. The zero-order chi connectivity index (χ0) is 6.32. The van der Waals surface area contributed by atoms with Crippen molar-refractivity contribution in [3.05, 3.63) is 5.88 Å². The molecule has 9 heavy (non-hydrogen) atoms. The zero-order valence-corrected chi connectivity index (χ0v) is 6.25. The summed E-state index contributed by atoms with van der Waals surface area (Å²) in [5, 5.41) is 0. The van der Waals surface area contributed by atoms with Crippen molar-refractivity contribution in [3.8, 4) is 0 Å². The lowest BCUT2D eigenvalue weighted by molar-refractivity contribution is 0.370. The van der Waals surface area contributed by atoms with Crippen LogP contribution in [-0.4, -0.2) is 0 Å². The van der Waals surface area contributed by atoms with Gasteiger partial charge in [0.25, 0.3) is 0 Å². The molecule has 0 aromatic rings. The normalized spacial score (nSPS) is 48.3. The molecule has 2 rings (SSSR count). The molecule has 0 unspecified atom stereocenters. The van der Waals surface area contributed by atoms with Gasteiger partial charge < -0.3 is 0 Å². The SMILES string of the molecule is Cl[C]C12CCC(CC1)C2. The smallest absolute Gasteiger partial charge is 0.0931 e.